The SMILES string of the molecule is CCCCCCC(C)NC(C)C(=O)OC(C)(C)C. The van der Waals surface area contributed by atoms with E-state index in [2.05, 4.69) is 19.2 Å². The van der Waals surface area contributed by atoms with Crippen molar-refractivity contribution >= 4 is 5.97 Å². The summed E-state index contributed by atoms with van der Waals surface area (Å²) < 4.78 is 5.34. The molecule has 0 spiro atoms. The molecular formula is C15H31NO2. The fourth-order valence-corrected chi connectivity index (χ4v) is 1.85. The molecule has 0 fully saturated rings. The third-order valence-corrected chi connectivity index (χ3v) is 2.79. The summed E-state index contributed by atoms with van der Waals surface area (Å²) in [6.07, 6.45) is 6.18. The first-order valence-electron chi connectivity index (χ1n) is 7.25. The van der Waals surface area contributed by atoms with Gasteiger partial charge in [0.05, 0.1) is 0 Å². The van der Waals surface area contributed by atoms with Gasteiger partial charge in [-0.1, -0.05) is 32.6 Å². The van der Waals surface area contributed by atoms with Gasteiger partial charge in [-0.3, -0.25) is 4.79 Å². The van der Waals surface area contributed by atoms with E-state index in [0.717, 1.165) is 6.42 Å². The summed E-state index contributed by atoms with van der Waals surface area (Å²) in [5.74, 6) is -0.164. The first-order chi connectivity index (χ1) is 8.26. The Hall–Kier alpha value is -0.570. The monoisotopic (exact) mass is 257 g/mol. The average Bonchev–Trinajstić information content (AvgIpc) is 2.22. The molecule has 0 aromatic rings. The third kappa shape index (κ3) is 9.46. The molecule has 3 heteroatoms. The highest BCUT2D eigenvalue weighted by Crippen LogP contribution is 2.10. The molecule has 1 N–H and O–H groups in total. The third-order valence-electron chi connectivity index (χ3n) is 2.79. The molecule has 0 aliphatic heterocycles. The summed E-state index contributed by atoms with van der Waals surface area (Å²) in [5.41, 5.74) is -0.405. The van der Waals surface area contributed by atoms with E-state index < -0.39 is 5.60 Å². The van der Waals surface area contributed by atoms with Gasteiger partial charge in [0.1, 0.15) is 11.6 Å². The molecule has 2 atom stereocenters. The quantitative estimate of drug-likeness (QED) is 0.532. The van der Waals surface area contributed by atoms with E-state index in [0.29, 0.717) is 6.04 Å². The Morgan fingerprint density at radius 2 is 1.78 bits per heavy atom. The number of unbranched alkanes of at least 4 members (excludes halogenated alkanes) is 3. The van der Waals surface area contributed by atoms with Gasteiger partial charge in [-0.15, -0.1) is 0 Å². The molecule has 0 radical (unpaired) electrons. The van der Waals surface area contributed by atoms with Crippen LogP contribution in [0.25, 0.3) is 0 Å². The van der Waals surface area contributed by atoms with Crippen LogP contribution in [0.4, 0.5) is 0 Å². The topological polar surface area (TPSA) is 38.3 Å². The normalized spacial score (nSPS) is 15.2. The second-order valence-electron chi connectivity index (χ2n) is 6.17. The zero-order valence-electron chi connectivity index (χ0n) is 13.0. The summed E-state index contributed by atoms with van der Waals surface area (Å²) in [5, 5.41) is 3.30. The number of nitrogens with one attached hydrogen (secondary N) is 1. The standard InChI is InChI=1S/C15H31NO2/c1-7-8-9-10-11-12(2)16-13(3)14(17)18-15(4,5)6/h12-13,16H,7-11H2,1-6H3. The maximum Gasteiger partial charge on any atom is 0.323 e. The minimum atomic E-state index is -0.405. The molecule has 0 aromatic heterocycles. The van der Waals surface area contributed by atoms with Gasteiger partial charge in [-0.2, -0.15) is 0 Å². The van der Waals surface area contributed by atoms with E-state index in [1.54, 1.807) is 0 Å². The zero-order chi connectivity index (χ0) is 14.2. The number of carbonyl (C=O) groups is 1. The van der Waals surface area contributed by atoms with Gasteiger partial charge in [-0.25, -0.2) is 0 Å². The van der Waals surface area contributed by atoms with Gasteiger partial charge in [0.15, 0.2) is 0 Å². The van der Waals surface area contributed by atoms with E-state index in [9.17, 15) is 4.79 Å². The van der Waals surface area contributed by atoms with Crippen LogP contribution in [-0.2, 0) is 9.53 Å². The molecular weight excluding hydrogens is 226 g/mol. The molecule has 0 saturated heterocycles. The fourth-order valence-electron chi connectivity index (χ4n) is 1.85. The summed E-state index contributed by atoms with van der Waals surface area (Å²) >= 11 is 0. The highest BCUT2D eigenvalue weighted by atomic mass is 16.6. The first-order valence-corrected chi connectivity index (χ1v) is 7.25. The van der Waals surface area contributed by atoms with Crippen molar-refractivity contribution in [1.82, 2.24) is 5.32 Å². The Labute approximate surface area is 113 Å². The van der Waals surface area contributed by atoms with Crippen molar-refractivity contribution in [1.29, 1.82) is 0 Å². The lowest BCUT2D eigenvalue weighted by Gasteiger charge is -2.24. The van der Waals surface area contributed by atoms with Crippen molar-refractivity contribution in [3.8, 4) is 0 Å². The molecule has 0 aromatic carbocycles. The average molecular weight is 257 g/mol. The zero-order valence-corrected chi connectivity index (χ0v) is 13.0. The minimum absolute atomic E-state index is 0.164. The molecule has 0 aliphatic carbocycles. The maximum atomic E-state index is 11.8. The van der Waals surface area contributed by atoms with E-state index in [1.165, 1.54) is 25.7 Å². The van der Waals surface area contributed by atoms with Crippen LogP contribution in [0.2, 0.25) is 0 Å². The van der Waals surface area contributed by atoms with Crippen molar-refractivity contribution in [2.24, 2.45) is 0 Å². The molecule has 0 rings (SSSR count). The Morgan fingerprint density at radius 1 is 1.17 bits per heavy atom. The van der Waals surface area contributed by atoms with Crippen molar-refractivity contribution in [3.63, 3.8) is 0 Å². The molecule has 108 valence electrons. The Morgan fingerprint density at radius 3 is 2.28 bits per heavy atom. The molecule has 0 heterocycles. The largest absolute Gasteiger partial charge is 0.459 e. The summed E-state index contributed by atoms with van der Waals surface area (Å²) in [6, 6.07) is 0.134. The lowest BCUT2D eigenvalue weighted by Crippen LogP contribution is -2.43. The second-order valence-corrected chi connectivity index (χ2v) is 6.17. The Kier molecular flexibility index (Phi) is 8.25. The van der Waals surface area contributed by atoms with Crippen molar-refractivity contribution < 1.29 is 9.53 Å². The van der Waals surface area contributed by atoms with Crippen LogP contribution in [0.5, 0.6) is 0 Å². The van der Waals surface area contributed by atoms with Gasteiger partial charge < -0.3 is 10.1 Å². The highest BCUT2D eigenvalue weighted by molar-refractivity contribution is 5.75. The summed E-state index contributed by atoms with van der Waals surface area (Å²) in [6.45, 7) is 11.9. The van der Waals surface area contributed by atoms with Crippen molar-refractivity contribution in [2.45, 2.75) is 91.3 Å². The van der Waals surface area contributed by atoms with Gasteiger partial charge in [0.25, 0.3) is 0 Å². The van der Waals surface area contributed by atoms with Gasteiger partial charge in [-0.05, 0) is 41.0 Å². The predicted octanol–water partition coefficient (Wildman–Crippen LogP) is 3.67. The Balaban J connectivity index is 3.85. The van der Waals surface area contributed by atoms with Crippen molar-refractivity contribution in [2.75, 3.05) is 0 Å². The lowest BCUT2D eigenvalue weighted by molar-refractivity contribution is -0.157. The summed E-state index contributed by atoms with van der Waals surface area (Å²) in [4.78, 5) is 11.8. The maximum absolute atomic E-state index is 11.8. The predicted molar refractivity (Wildman–Crippen MR) is 76.7 cm³/mol. The van der Waals surface area contributed by atoms with Crippen LogP contribution in [-0.4, -0.2) is 23.7 Å². The number of ether oxygens (including phenoxy) is 1. The van der Waals surface area contributed by atoms with Crippen LogP contribution >= 0.6 is 0 Å². The number of rotatable bonds is 8. The van der Waals surface area contributed by atoms with Crippen LogP contribution in [0.15, 0.2) is 0 Å². The van der Waals surface area contributed by atoms with Gasteiger partial charge in [0.2, 0.25) is 0 Å². The molecule has 0 amide bonds. The van der Waals surface area contributed by atoms with E-state index in [-0.39, 0.29) is 12.0 Å². The molecule has 0 bridgehead atoms. The fraction of sp³-hybridized carbons (Fsp3) is 0.933. The number of hydrogen-bond donors (Lipinski definition) is 1. The second kappa shape index (κ2) is 8.52. The minimum Gasteiger partial charge on any atom is -0.459 e. The van der Waals surface area contributed by atoms with E-state index in [1.807, 2.05) is 27.7 Å². The van der Waals surface area contributed by atoms with Gasteiger partial charge >= 0.3 is 5.97 Å². The van der Waals surface area contributed by atoms with Crippen LogP contribution in [0, 0.1) is 0 Å². The van der Waals surface area contributed by atoms with E-state index >= 15 is 0 Å². The molecule has 18 heavy (non-hydrogen) atoms. The highest BCUT2D eigenvalue weighted by Gasteiger charge is 2.22. The van der Waals surface area contributed by atoms with Crippen molar-refractivity contribution in [3.05, 3.63) is 0 Å². The molecule has 0 aliphatic rings. The number of hydrogen-bond acceptors (Lipinski definition) is 3. The van der Waals surface area contributed by atoms with Crippen LogP contribution in [0.1, 0.15) is 73.6 Å². The number of carbonyl (C=O) groups excluding carboxylic acids is 1. The Bertz CT molecular complexity index is 233. The smallest absolute Gasteiger partial charge is 0.323 e. The van der Waals surface area contributed by atoms with E-state index in [4.69, 9.17) is 4.74 Å². The first kappa shape index (κ1) is 17.4. The molecule has 3 nitrogen and oxygen atoms in total. The summed E-state index contributed by atoms with van der Waals surface area (Å²) in [7, 11) is 0. The molecule has 0 saturated carbocycles. The van der Waals surface area contributed by atoms with Gasteiger partial charge in [0, 0.05) is 6.04 Å². The van der Waals surface area contributed by atoms with Crippen LogP contribution in [0.3, 0.4) is 0 Å². The number of esters is 1. The lowest BCUT2D eigenvalue weighted by atomic mass is 10.1. The van der Waals surface area contributed by atoms with Crippen LogP contribution < -0.4 is 5.32 Å². The molecule has 2 unspecified atom stereocenters.